The summed E-state index contributed by atoms with van der Waals surface area (Å²) in [5, 5.41) is 5.46. The molecular formula is C23H23F3N4O2. The molecule has 6 nitrogen and oxygen atoms in total. The summed E-state index contributed by atoms with van der Waals surface area (Å²) in [4.78, 5) is 3.57. The Labute approximate surface area is 183 Å². The first-order chi connectivity index (χ1) is 15.4. The molecule has 2 atom stereocenters. The summed E-state index contributed by atoms with van der Waals surface area (Å²) in [6.45, 7) is 1.36. The molecule has 0 aliphatic carbocycles. The maximum atomic E-state index is 12.9. The summed E-state index contributed by atoms with van der Waals surface area (Å²) in [7, 11) is 0. The molecule has 0 radical (unpaired) electrons. The Morgan fingerprint density at radius 2 is 1.97 bits per heavy atom. The molecule has 9 heteroatoms. The lowest BCUT2D eigenvalue weighted by molar-refractivity contribution is -0.159. The highest BCUT2D eigenvalue weighted by Gasteiger charge is 2.39. The van der Waals surface area contributed by atoms with Gasteiger partial charge in [-0.25, -0.2) is 5.01 Å². The second-order valence-electron chi connectivity index (χ2n) is 8.34. The zero-order valence-corrected chi connectivity index (χ0v) is 17.3. The highest BCUT2D eigenvalue weighted by molar-refractivity contribution is 5.62. The van der Waals surface area contributed by atoms with Gasteiger partial charge in [-0.2, -0.15) is 18.2 Å². The van der Waals surface area contributed by atoms with Gasteiger partial charge in [0, 0.05) is 18.5 Å². The lowest BCUT2D eigenvalue weighted by Gasteiger charge is -2.39. The zero-order valence-electron chi connectivity index (χ0n) is 17.3. The predicted octanol–water partition coefficient (Wildman–Crippen LogP) is 4.56. The van der Waals surface area contributed by atoms with E-state index in [9.17, 15) is 13.2 Å². The van der Waals surface area contributed by atoms with E-state index in [-0.39, 0.29) is 17.8 Å². The second kappa shape index (κ2) is 8.22. The summed E-state index contributed by atoms with van der Waals surface area (Å²) in [5.41, 5.74) is 3.55. The lowest BCUT2D eigenvalue weighted by atomic mass is 9.81. The molecule has 3 aromatic rings. The van der Waals surface area contributed by atoms with Crippen LogP contribution in [-0.2, 0) is 19.0 Å². The van der Waals surface area contributed by atoms with Crippen molar-refractivity contribution in [1.29, 1.82) is 0 Å². The van der Waals surface area contributed by atoms with E-state index in [0.717, 1.165) is 41.8 Å². The van der Waals surface area contributed by atoms with Gasteiger partial charge in [-0.05, 0) is 54.0 Å². The fourth-order valence-electron chi connectivity index (χ4n) is 4.84. The monoisotopic (exact) mass is 444 g/mol. The number of fused-ring (bicyclic) bond motifs is 1. The van der Waals surface area contributed by atoms with E-state index >= 15 is 0 Å². The van der Waals surface area contributed by atoms with E-state index in [2.05, 4.69) is 26.8 Å². The molecule has 0 unspecified atom stereocenters. The number of ether oxygens (including phenoxy) is 1. The first kappa shape index (κ1) is 21.0. The van der Waals surface area contributed by atoms with Crippen LogP contribution in [0.15, 0.2) is 47.0 Å². The van der Waals surface area contributed by atoms with Gasteiger partial charge in [0.25, 0.3) is 0 Å². The van der Waals surface area contributed by atoms with Crippen molar-refractivity contribution in [2.24, 2.45) is 11.8 Å². The molecule has 2 aliphatic rings. The lowest BCUT2D eigenvalue weighted by Crippen LogP contribution is -2.44. The van der Waals surface area contributed by atoms with Crippen LogP contribution >= 0.6 is 0 Å². The highest BCUT2D eigenvalue weighted by Crippen LogP contribution is 2.41. The van der Waals surface area contributed by atoms with E-state index in [0.29, 0.717) is 25.0 Å². The summed E-state index contributed by atoms with van der Waals surface area (Å²) < 4.78 is 49.1. The Bertz CT molecular complexity index is 1100. The average Bonchev–Trinajstić information content (AvgIpc) is 3.44. The van der Waals surface area contributed by atoms with Gasteiger partial charge >= 0.3 is 12.1 Å². The molecule has 32 heavy (non-hydrogen) atoms. The molecule has 1 aromatic heterocycles. The number of rotatable bonds is 4. The number of hydrazine groups is 1. The average molecular weight is 444 g/mol. The largest absolute Gasteiger partial charge is 0.493 e. The van der Waals surface area contributed by atoms with Crippen LogP contribution in [0.2, 0.25) is 0 Å². The fraction of sp³-hybridized carbons (Fsp3) is 0.391. The van der Waals surface area contributed by atoms with Crippen LogP contribution in [0.3, 0.4) is 0 Å². The molecule has 0 amide bonds. The Balaban J connectivity index is 1.50. The Morgan fingerprint density at radius 3 is 2.72 bits per heavy atom. The Kier molecular flexibility index (Phi) is 5.38. The van der Waals surface area contributed by atoms with Crippen molar-refractivity contribution in [2.45, 2.75) is 37.9 Å². The number of hydrogen-bond acceptors (Lipinski definition) is 6. The summed E-state index contributed by atoms with van der Waals surface area (Å²) in [6, 6.07) is 13.8. The summed E-state index contributed by atoms with van der Waals surface area (Å²) >= 11 is 0. The zero-order chi connectivity index (χ0) is 22.3. The standard InChI is InChI=1S/C23H23F3N4O2/c24-23(25,26)22-28-21(29-32-22)18-12-16-8-10-31-20(16)17(13-18)11-15-7-4-9-30(27)19(15)14-5-2-1-3-6-14/h1-3,5-6,12-13,15,19H,4,7-11,27H2/t15-,19+/m0/s1. The molecule has 2 aliphatic heterocycles. The first-order valence-electron chi connectivity index (χ1n) is 10.7. The first-order valence-corrected chi connectivity index (χ1v) is 10.7. The van der Waals surface area contributed by atoms with Crippen LogP contribution in [0.4, 0.5) is 13.2 Å². The molecule has 0 bridgehead atoms. The Morgan fingerprint density at radius 1 is 1.16 bits per heavy atom. The predicted molar refractivity (Wildman–Crippen MR) is 110 cm³/mol. The minimum absolute atomic E-state index is 0.0488. The molecule has 2 aromatic carbocycles. The van der Waals surface area contributed by atoms with Gasteiger partial charge in [0.1, 0.15) is 5.75 Å². The summed E-state index contributed by atoms with van der Waals surface area (Å²) in [5.74, 6) is 6.02. The van der Waals surface area contributed by atoms with Crippen LogP contribution in [0.5, 0.6) is 5.75 Å². The third kappa shape index (κ3) is 3.98. The third-order valence-corrected chi connectivity index (χ3v) is 6.21. The van der Waals surface area contributed by atoms with Crippen molar-refractivity contribution >= 4 is 0 Å². The van der Waals surface area contributed by atoms with Gasteiger partial charge in [0.2, 0.25) is 5.82 Å². The van der Waals surface area contributed by atoms with Gasteiger partial charge in [-0.15, -0.1) is 0 Å². The van der Waals surface area contributed by atoms with Gasteiger partial charge in [0.15, 0.2) is 0 Å². The minimum atomic E-state index is -4.68. The van der Waals surface area contributed by atoms with Crippen LogP contribution in [0, 0.1) is 5.92 Å². The van der Waals surface area contributed by atoms with Crippen LogP contribution in [0.25, 0.3) is 11.4 Å². The van der Waals surface area contributed by atoms with Gasteiger partial charge in [0.05, 0.1) is 12.6 Å². The number of hydrogen-bond donors (Lipinski definition) is 1. The van der Waals surface area contributed by atoms with E-state index in [1.807, 2.05) is 29.3 Å². The van der Waals surface area contributed by atoms with Gasteiger partial charge < -0.3 is 9.26 Å². The number of aromatic nitrogens is 2. The van der Waals surface area contributed by atoms with E-state index < -0.39 is 12.1 Å². The molecule has 5 rings (SSSR count). The number of benzene rings is 2. The maximum Gasteiger partial charge on any atom is 0.471 e. The minimum Gasteiger partial charge on any atom is -0.493 e. The van der Waals surface area contributed by atoms with E-state index in [1.54, 1.807) is 6.07 Å². The van der Waals surface area contributed by atoms with Crippen LogP contribution in [-0.4, -0.2) is 28.3 Å². The number of halogens is 3. The van der Waals surface area contributed by atoms with Crippen molar-refractivity contribution in [3.05, 3.63) is 65.0 Å². The summed E-state index contributed by atoms with van der Waals surface area (Å²) in [6.07, 6.45) is -1.33. The highest BCUT2D eigenvalue weighted by atomic mass is 19.4. The maximum absolute atomic E-state index is 12.9. The van der Waals surface area contributed by atoms with Crippen molar-refractivity contribution < 1.29 is 22.4 Å². The Hall–Kier alpha value is -2.91. The second-order valence-corrected chi connectivity index (χ2v) is 8.34. The number of nitrogens with two attached hydrogens (primary N) is 1. The SMILES string of the molecule is NN1CCC[C@@H](Cc2cc(-c3noc(C(F)(F)F)n3)cc3c2OCC3)[C@H]1c1ccccc1. The molecule has 2 N–H and O–H groups in total. The van der Waals surface area contributed by atoms with Crippen LogP contribution in [0.1, 0.15) is 41.5 Å². The normalized spacial score (nSPS) is 21.4. The number of alkyl halides is 3. The molecule has 0 saturated carbocycles. The number of nitrogens with zero attached hydrogens (tertiary/aromatic N) is 3. The van der Waals surface area contributed by atoms with Gasteiger partial charge in [-0.1, -0.05) is 35.5 Å². The van der Waals surface area contributed by atoms with Crippen LogP contribution < -0.4 is 10.6 Å². The molecule has 1 fully saturated rings. The van der Waals surface area contributed by atoms with Crippen molar-refractivity contribution in [3.8, 4) is 17.1 Å². The van der Waals surface area contributed by atoms with Crippen molar-refractivity contribution in [1.82, 2.24) is 15.1 Å². The fourth-order valence-corrected chi connectivity index (χ4v) is 4.84. The molecular weight excluding hydrogens is 421 g/mol. The van der Waals surface area contributed by atoms with E-state index in [4.69, 9.17) is 10.6 Å². The van der Waals surface area contributed by atoms with Crippen molar-refractivity contribution in [2.75, 3.05) is 13.2 Å². The molecule has 1 saturated heterocycles. The smallest absolute Gasteiger partial charge is 0.471 e. The number of piperidine rings is 1. The quantitative estimate of drug-likeness (QED) is 0.595. The molecule has 3 heterocycles. The van der Waals surface area contributed by atoms with E-state index in [1.165, 1.54) is 0 Å². The molecule has 0 spiro atoms. The third-order valence-electron chi connectivity index (χ3n) is 6.21. The topological polar surface area (TPSA) is 77.4 Å². The molecule has 168 valence electrons. The van der Waals surface area contributed by atoms with Gasteiger partial charge in [-0.3, -0.25) is 5.84 Å². The van der Waals surface area contributed by atoms with Crippen molar-refractivity contribution in [3.63, 3.8) is 0 Å².